The zero-order valence-corrected chi connectivity index (χ0v) is 12.6. The monoisotopic (exact) mass is 261 g/mol. The summed E-state index contributed by atoms with van der Waals surface area (Å²) in [5.74, 6) is 0.605. The average molecular weight is 261 g/mol. The Kier molecular flexibility index (Phi) is 4.06. The van der Waals surface area contributed by atoms with Gasteiger partial charge in [-0.3, -0.25) is 0 Å². The van der Waals surface area contributed by atoms with Gasteiger partial charge in [0.25, 0.3) is 0 Å². The van der Waals surface area contributed by atoms with Crippen molar-refractivity contribution in [3.8, 4) is 0 Å². The minimum atomic E-state index is 0.209. The van der Waals surface area contributed by atoms with Crippen molar-refractivity contribution in [1.29, 1.82) is 0 Å². The molecule has 0 bridgehead atoms. The lowest BCUT2D eigenvalue weighted by Crippen LogP contribution is -2.41. The first-order valence-corrected chi connectivity index (χ1v) is 7.58. The van der Waals surface area contributed by atoms with E-state index in [9.17, 15) is 0 Å². The summed E-state index contributed by atoms with van der Waals surface area (Å²) in [5, 5.41) is 2.80. The average Bonchev–Trinajstić information content (AvgIpc) is 2.78. The summed E-state index contributed by atoms with van der Waals surface area (Å²) in [4.78, 5) is 2.48. The van der Waals surface area contributed by atoms with Gasteiger partial charge in [0.05, 0.1) is 5.37 Å². The van der Waals surface area contributed by atoms with Crippen molar-refractivity contribution in [2.45, 2.75) is 50.9 Å². The van der Waals surface area contributed by atoms with E-state index in [-0.39, 0.29) is 5.54 Å². The lowest BCUT2D eigenvalue weighted by Gasteiger charge is -2.38. The zero-order chi connectivity index (χ0) is 13.2. The van der Waals surface area contributed by atoms with Gasteiger partial charge >= 0.3 is 0 Å². The third kappa shape index (κ3) is 3.11. The van der Waals surface area contributed by atoms with Crippen molar-refractivity contribution in [2.75, 3.05) is 0 Å². The number of thioether (sulfide) groups is 1. The summed E-state index contributed by atoms with van der Waals surface area (Å²) in [6.07, 6.45) is 3.44. The van der Waals surface area contributed by atoms with Gasteiger partial charge in [-0.1, -0.05) is 37.3 Å². The highest BCUT2D eigenvalue weighted by molar-refractivity contribution is 8.02. The third-order valence-electron chi connectivity index (χ3n) is 3.47. The van der Waals surface area contributed by atoms with E-state index in [1.807, 2.05) is 11.8 Å². The second-order valence-corrected chi connectivity index (χ2v) is 7.09. The number of hydrogen-bond acceptors (Lipinski definition) is 2. The van der Waals surface area contributed by atoms with E-state index in [1.165, 1.54) is 12.0 Å². The van der Waals surface area contributed by atoms with E-state index in [4.69, 9.17) is 0 Å². The van der Waals surface area contributed by atoms with Crippen molar-refractivity contribution < 1.29 is 0 Å². The smallest absolute Gasteiger partial charge is 0.0797 e. The SMILES string of the molecule is CC(CC1SC=CN1C(C)(C)C)c1ccccc1. The van der Waals surface area contributed by atoms with E-state index in [0.29, 0.717) is 11.3 Å². The van der Waals surface area contributed by atoms with Gasteiger partial charge in [-0.25, -0.2) is 0 Å². The van der Waals surface area contributed by atoms with Crippen molar-refractivity contribution in [3.05, 3.63) is 47.5 Å². The van der Waals surface area contributed by atoms with Crippen molar-refractivity contribution in [2.24, 2.45) is 0 Å². The molecule has 2 atom stereocenters. The summed E-state index contributed by atoms with van der Waals surface area (Å²) in [7, 11) is 0. The molecule has 1 nitrogen and oxygen atoms in total. The van der Waals surface area contributed by atoms with E-state index >= 15 is 0 Å². The first kappa shape index (κ1) is 13.5. The molecule has 1 aromatic carbocycles. The molecule has 1 aliphatic rings. The fraction of sp³-hybridized carbons (Fsp3) is 0.500. The molecule has 0 aromatic heterocycles. The van der Waals surface area contributed by atoms with Gasteiger partial charge in [-0.15, -0.1) is 11.8 Å². The number of hydrogen-bond donors (Lipinski definition) is 0. The van der Waals surface area contributed by atoms with Crippen LogP contribution in [0.25, 0.3) is 0 Å². The van der Waals surface area contributed by atoms with Gasteiger partial charge < -0.3 is 4.90 Å². The first-order chi connectivity index (χ1) is 8.48. The summed E-state index contributed by atoms with van der Waals surface area (Å²) < 4.78 is 0. The Morgan fingerprint density at radius 3 is 2.50 bits per heavy atom. The minimum Gasteiger partial charge on any atom is -0.360 e. The standard InChI is InChI=1S/C16H23NS/c1-13(14-8-6-5-7-9-14)12-15-17(10-11-18-15)16(2,3)4/h5-11,13,15H,12H2,1-4H3. The van der Waals surface area contributed by atoms with Gasteiger partial charge in [0.1, 0.15) is 0 Å². The fourth-order valence-corrected chi connectivity index (χ4v) is 3.70. The summed E-state index contributed by atoms with van der Waals surface area (Å²) in [6, 6.07) is 10.8. The molecule has 0 spiro atoms. The van der Waals surface area contributed by atoms with Crippen LogP contribution >= 0.6 is 11.8 Å². The topological polar surface area (TPSA) is 3.24 Å². The maximum atomic E-state index is 2.48. The quantitative estimate of drug-likeness (QED) is 0.767. The maximum Gasteiger partial charge on any atom is 0.0797 e. The first-order valence-electron chi connectivity index (χ1n) is 6.64. The molecule has 2 rings (SSSR count). The Bertz CT molecular complexity index is 405. The molecular formula is C16H23NS. The molecule has 98 valence electrons. The molecule has 1 aliphatic heterocycles. The Hall–Kier alpha value is -0.890. The van der Waals surface area contributed by atoms with Crippen LogP contribution in [0.2, 0.25) is 0 Å². The second kappa shape index (κ2) is 5.40. The van der Waals surface area contributed by atoms with Crippen LogP contribution in [0.4, 0.5) is 0 Å². The third-order valence-corrected chi connectivity index (χ3v) is 4.48. The molecule has 0 saturated carbocycles. The number of nitrogens with zero attached hydrogens (tertiary/aromatic N) is 1. The highest BCUT2D eigenvalue weighted by atomic mass is 32.2. The van der Waals surface area contributed by atoms with Crippen LogP contribution in [-0.4, -0.2) is 15.8 Å². The van der Waals surface area contributed by atoms with Crippen LogP contribution in [0.3, 0.4) is 0 Å². The predicted molar refractivity (Wildman–Crippen MR) is 81.6 cm³/mol. The number of benzene rings is 1. The van der Waals surface area contributed by atoms with E-state index in [2.05, 4.69) is 74.5 Å². The molecule has 0 saturated heterocycles. The lowest BCUT2D eigenvalue weighted by molar-refractivity contribution is 0.186. The largest absolute Gasteiger partial charge is 0.360 e. The highest BCUT2D eigenvalue weighted by Gasteiger charge is 2.30. The Balaban J connectivity index is 2.02. The molecular weight excluding hydrogens is 238 g/mol. The van der Waals surface area contributed by atoms with Gasteiger partial charge in [0.15, 0.2) is 0 Å². The molecule has 0 amide bonds. The summed E-state index contributed by atoms with van der Waals surface area (Å²) in [5.41, 5.74) is 1.65. The van der Waals surface area contributed by atoms with Gasteiger partial charge in [-0.05, 0) is 44.1 Å². The summed E-state index contributed by atoms with van der Waals surface area (Å²) >= 11 is 1.95. The van der Waals surface area contributed by atoms with Crippen molar-refractivity contribution in [3.63, 3.8) is 0 Å². The van der Waals surface area contributed by atoms with Crippen LogP contribution in [0.1, 0.15) is 45.6 Å². The lowest BCUT2D eigenvalue weighted by atomic mass is 9.96. The highest BCUT2D eigenvalue weighted by Crippen LogP contribution is 2.37. The Morgan fingerprint density at radius 2 is 1.89 bits per heavy atom. The van der Waals surface area contributed by atoms with Gasteiger partial charge in [0, 0.05) is 11.7 Å². The molecule has 1 aromatic rings. The van der Waals surface area contributed by atoms with Crippen LogP contribution in [0.5, 0.6) is 0 Å². The van der Waals surface area contributed by atoms with Crippen LogP contribution in [-0.2, 0) is 0 Å². The molecule has 18 heavy (non-hydrogen) atoms. The molecule has 2 heteroatoms. The Labute approximate surface area is 115 Å². The van der Waals surface area contributed by atoms with E-state index in [1.54, 1.807) is 0 Å². The van der Waals surface area contributed by atoms with E-state index < -0.39 is 0 Å². The maximum absolute atomic E-state index is 2.48. The van der Waals surface area contributed by atoms with Gasteiger partial charge in [0.2, 0.25) is 0 Å². The second-order valence-electron chi connectivity index (χ2n) is 6.00. The Morgan fingerprint density at radius 1 is 1.22 bits per heavy atom. The summed E-state index contributed by atoms with van der Waals surface area (Å²) in [6.45, 7) is 9.17. The minimum absolute atomic E-state index is 0.209. The molecule has 0 N–H and O–H groups in total. The molecule has 0 fully saturated rings. The molecule has 2 unspecified atom stereocenters. The normalized spacial score (nSPS) is 21.3. The van der Waals surface area contributed by atoms with E-state index in [0.717, 1.165) is 0 Å². The molecule has 0 radical (unpaired) electrons. The molecule has 0 aliphatic carbocycles. The van der Waals surface area contributed by atoms with Crippen LogP contribution in [0, 0.1) is 0 Å². The predicted octanol–water partition coefficient (Wildman–Crippen LogP) is 4.82. The zero-order valence-electron chi connectivity index (χ0n) is 11.8. The van der Waals surface area contributed by atoms with Crippen molar-refractivity contribution >= 4 is 11.8 Å². The van der Waals surface area contributed by atoms with Crippen molar-refractivity contribution in [1.82, 2.24) is 4.90 Å². The van der Waals surface area contributed by atoms with Crippen LogP contribution < -0.4 is 0 Å². The molecule has 1 heterocycles. The number of rotatable bonds is 3. The van der Waals surface area contributed by atoms with Crippen LogP contribution in [0.15, 0.2) is 41.9 Å². The fourth-order valence-electron chi connectivity index (χ4n) is 2.40. The van der Waals surface area contributed by atoms with Gasteiger partial charge in [-0.2, -0.15) is 0 Å².